The lowest BCUT2D eigenvalue weighted by Gasteiger charge is -2.44. The summed E-state index contributed by atoms with van der Waals surface area (Å²) >= 11 is 6.33. The van der Waals surface area contributed by atoms with Crippen LogP contribution < -0.4 is 4.74 Å². The summed E-state index contributed by atoms with van der Waals surface area (Å²) < 4.78 is 6.39. The number of rotatable bonds is 1. The Labute approximate surface area is 170 Å². The molecule has 28 heavy (non-hydrogen) atoms. The molecule has 2 aromatic rings. The Morgan fingerprint density at radius 3 is 2.46 bits per heavy atom. The van der Waals surface area contributed by atoms with Crippen LogP contribution in [0.5, 0.6) is 5.75 Å². The third-order valence-electron chi connectivity index (χ3n) is 6.07. The molecule has 1 saturated heterocycles. The molecule has 1 spiro atoms. The van der Waals surface area contributed by atoms with E-state index in [9.17, 15) is 9.59 Å². The molecule has 1 amide bonds. The molecule has 1 fully saturated rings. The van der Waals surface area contributed by atoms with Crippen molar-refractivity contribution in [3.63, 3.8) is 0 Å². The highest BCUT2D eigenvalue weighted by Gasteiger charge is 2.44. The number of piperidine rings is 1. The van der Waals surface area contributed by atoms with Gasteiger partial charge in [-0.2, -0.15) is 0 Å². The van der Waals surface area contributed by atoms with Crippen LogP contribution in [0.2, 0.25) is 5.02 Å². The normalized spacial score (nSPS) is 18.0. The monoisotopic (exact) mass is 397 g/mol. The van der Waals surface area contributed by atoms with Crippen LogP contribution in [0.25, 0.3) is 0 Å². The molecular weight excluding hydrogens is 374 g/mol. The van der Waals surface area contributed by atoms with E-state index in [-0.39, 0.29) is 11.7 Å². The van der Waals surface area contributed by atoms with E-state index < -0.39 is 5.60 Å². The number of ketones is 1. The number of carbonyl (C=O) groups is 2. The fourth-order valence-electron chi connectivity index (χ4n) is 4.38. The Morgan fingerprint density at radius 2 is 1.79 bits per heavy atom. The summed E-state index contributed by atoms with van der Waals surface area (Å²) in [5, 5.41) is 0.630. The molecule has 0 N–H and O–H groups in total. The number of ether oxygens (including phenoxy) is 1. The third kappa shape index (κ3) is 3.10. The molecular formula is C23H24ClNO3. The first kappa shape index (κ1) is 19.0. The van der Waals surface area contributed by atoms with Crippen molar-refractivity contribution >= 4 is 23.3 Å². The van der Waals surface area contributed by atoms with E-state index in [1.807, 2.05) is 56.0 Å². The summed E-state index contributed by atoms with van der Waals surface area (Å²) in [6.07, 6.45) is 1.64. The van der Waals surface area contributed by atoms with Gasteiger partial charge in [-0.1, -0.05) is 29.8 Å². The third-order valence-corrected chi connectivity index (χ3v) is 6.65. The van der Waals surface area contributed by atoms with E-state index in [0.717, 1.165) is 22.3 Å². The zero-order valence-electron chi connectivity index (χ0n) is 16.5. The van der Waals surface area contributed by atoms with Crippen LogP contribution in [-0.2, 0) is 0 Å². The number of Topliss-reactive ketones (excluding diaryl/α,β-unsaturated/α-hetero) is 1. The highest BCUT2D eigenvalue weighted by Crippen LogP contribution is 2.43. The summed E-state index contributed by atoms with van der Waals surface area (Å²) in [7, 11) is 0. The zero-order chi connectivity index (χ0) is 20.1. The van der Waals surface area contributed by atoms with Crippen LogP contribution in [0.15, 0.2) is 30.3 Å². The van der Waals surface area contributed by atoms with E-state index >= 15 is 0 Å². The molecule has 2 aliphatic rings. The smallest absolute Gasteiger partial charge is 0.254 e. The average molecular weight is 398 g/mol. The molecule has 0 bridgehead atoms. The Balaban J connectivity index is 1.54. The molecule has 5 heteroatoms. The van der Waals surface area contributed by atoms with Gasteiger partial charge in [-0.05, 0) is 49.6 Å². The summed E-state index contributed by atoms with van der Waals surface area (Å²) in [4.78, 5) is 27.7. The molecule has 146 valence electrons. The summed E-state index contributed by atoms with van der Waals surface area (Å²) in [6.45, 7) is 6.92. The van der Waals surface area contributed by atoms with Gasteiger partial charge in [0.05, 0.1) is 12.0 Å². The van der Waals surface area contributed by atoms with Crippen molar-refractivity contribution in [2.45, 2.75) is 45.6 Å². The number of hydrogen-bond acceptors (Lipinski definition) is 3. The summed E-state index contributed by atoms with van der Waals surface area (Å²) in [6, 6.07) is 9.52. The van der Waals surface area contributed by atoms with Crippen molar-refractivity contribution in [1.82, 2.24) is 4.90 Å². The highest BCUT2D eigenvalue weighted by molar-refractivity contribution is 6.32. The number of benzene rings is 2. The van der Waals surface area contributed by atoms with Gasteiger partial charge in [0.2, 0.25) is 0 Å². The highest BCUT2D eigenvalue weighted by atomic mass is 35.5. The number of halogens is 1. The zero-order valence-corrected chi connectivity index (χ0v) is 17.2. The minimum absolute atomic E-state index is 0.0500. The van der Waals surface area contributed by atoms with Gasteiger partial charge in [0.15, 0.2) is 5.78 Å². The quantitative estimate of drug-likeness (QED) is 0.687. The van der Waals surface area contributed by atoms with Gasteiger partial charge < -0.3 is 9.64 Å². The SMILES string of the molecule is Cc1ccccc1C(=O)N1CCC2(CC1)CC(=O)c1c(cc(C)c(Cl)c1C)O2. The Morgan fingerprint density at radius 1 is 1.11 bits per heavy atom. The second-order valence-corrected chi connectivity index (χ2v) is 8.38. The van der Waals surface area contributed by atoms with Crippen LogP contribution in [0, 0.1) is 20.8 Å². The van der Waals surface area contributed by atoms with Crippen molar-refractivity contribution in [2.75, 3.05) is 13.1 Å². The van der Waals surface area contributed by atoms with E-state index in [2.05, 4.69) is 0 Å². The Hall–Kier alpha value is -2.33. The molecule has 0 aliphatic carbocycles. The van der Waals surface area contributed by atoms with Crippen LogP contribution in [-0.4, -0.2) is 35.3 Å². The Kier molecular flexibility index (Phi) is 4.70. The largest absolute Gasteiger partial charge is 0.486 e. The number of hydrogen-bond donors (Lipinski definition) is 0. The molecule has 0 atom stereocenters. The topological polar surface area (TPSA) is 46.6 Å². The predicted molar refractivity (Wildman–Crippen MR) is 110 cm³/mol. The molecule has 0 unspecified atom stereocenters. The molecule has 0 saturated carbocycles. The molecule has 2 aliphatic heterocycles. The van der Waals surface area contributed by atoms with Gasteiger partial charge in [-0.3, -0.25) is 9.59 Å². The van der Waals surface area contributed by atoms with Crippen molar-refractivity contribution in [3.8, 4) is 5.75 Å². The van der Waals surface area contributed by atoms with E-state index in [1.165, 1.54) is 0 Å². The minimum atomic E-state index is -0.528. The maximum absolute atomic E-state index is 12.9. The number of likely N-dealkylation sites (tertiary alicyclic amines) is 1. The fourth-order valence-corrected chi connectivity index (χ4v) is 4.53. The van der Waals surface area contributed by atoms with Crippen LogP contribution in [0.1, 0.15) is 56.7 Å². The van der Waals surface area contributed by atoms with Crippen LogP contribution >= 0.6 is 11.6 Å². The molecule has 0 radical (unpaired) electrons. The number of fused-ring (bicyclic) bond motifs is 1. The van der Waals surface area contributed by atoms with Crippen LogP contribution in [0.3, 0.4) is 0 Å². The Bertz CT molecular complexity index is 974. The maximum Gasteiger partial charge on any atom is 0.254 e. The van der Waals surface area contributed by atoms with Gasteiger partial charge in [-0.15, -0.1) is 0 Å². The number of nitrogens with zero attached hydrogens (tertiary/aromatic N) is 1. The first-order chi connectivity index (χ1) is 13.3. The maximum atomic E-state index is 12.9. The second kappa shape index (κ2) is 6.93. The lowest BCUT2D eigenvalue weighted by Crippen LogP contribution is -2.52. The standard InChI is InChI=1S/C23H24ClNO3/c1-14-6-4-5-7-17(14)22(27)25-10-8-23(9-11-25)13-18(26)20-16(3)21(24)15(2)12-19(20)28-23/h4-7,12H,8-11,13H2,1-3H3. The van der Waals surface area contributed by atoms with E-state index in [1.54, 1.807) is 0 Å². The van der Waals surface area contributed by atoms with Crippen molar-refractivity contribution in [2.24, 2.45) is 0 Å². The fraction of sp³-hybridized carbons (Fsp3) is 0.391. The lowest BCUT2D eigenvalue weighted by atomic mass is 9.81. The number of aryl methyl sites for hydroxylation is 2. The number of amides is 1. The van der Waals surface area contributed by atoms with Gasteiger partial charge in [0.25, 0.3) is 5.91 Å². The molecule has 4 nitrogen and oxygen atoms in total. The average Bonchev–Trinajstić information content (AvgIpc) is 2.66. The summed E-state index contributed by atoms with van der Waals surface area (Å²) in [5.41, 5.74) is 3.51. The lowest BCUT2D eigenvalue weighted by molar-refractivity contribution is -0.00582. The molecule has 4 rings (SSSR count). The van der Waals surface area contributed by atoms with Gasteiger partial charge in [0, 0.05) is 36.5 Å². The molecule has 2 aromatic carbocycles. The first-order valence-corrected chi connectivity index (χ1v) is 10.1. The van der Waals surface area contributed by atoms with E-state index in [4.69, 9.17) is 16.3 Å². The van der Waals surface area contributed by atoms with Gasteiger partial charge >= 0.3 is 0 Å². The van der Waals surface area contributed by atoms with Crippen molar-refractivity contribution < 1.29 is 14.3 Å². The second-order valence-electron chi connectivity index (χ2n) is 8.00. The molecule has 0 aromatic heterocycles. The van der Waals surface area contributed by atoms with Crippen LogP contribution in [0.4, 0.5) is 0 Å². The van der Waals surface area contributed by atoms with Crippen molar-refractivity contribution in [1.29, 1.82) is 0 Å². The van der Waals surface area contributed by atoms with Crippen molar-refractivity contribution in [3.05, 3.63) is 63.2 Å². The van der Waals surface area contributed by atoms with Gasteiger partial charge in [-0.25, -0.2) is 0 Å². The molecule has 2 heterocycles. The predicted octanol–water partition coefficient (Wildman–Crippen LogP) is 4.91. The van der Waals surface area contributed by atoms with Gasteiger partial charge in [0.1, 0.15) is 11.4 Å². The summed E-state index contributed by atoms with van der Waals surface area (Å²) in [5.74, 6) is 0.766. The first-order valence-electron chi connectivity index (χ1n) is 9.68. The number of carbonyl (C=O) groups excluding carboxylic acids is 2. The minimum Gasteiger partial charge on any atom is -0.486 e. The van der Waals surface area contributed by atoms with E-state index in [0.29, 0.717) is 48.7 Å².